The molecule has 0 unspecified atom stereocenters. The second-order valence-corrected chi connectivity index (χ2v) is 11.6. The quantitative estimate of drug-likeness (QED) is 0.334. The van der Waals surface area contributed by atoms with Crippen molar-refractivity contribution in [2.75, 3.05) is 0 Å². The first-order valence-corrected chi connectivity index (χ1v) is 13.8. The Morgan fingerprint density at radius 2 is 2.03 bits per heavy atom. The molecular weight excluding hydrogens is 522 g/mol. The average Bonchev–Trinajstić information content (AvgIpc) is 3.71. The second kappa shape index (κ2) is 8.36. The molecule has 39 heavy (non-hydrogen) atoms. The number of aliphatic hydroxyl groups is 2. The van der Waals surface area contributed by atoms with E-state index in [4.69, 9.17) is 21.3 Å². The van der Waals surface area contributed by atoms with E-state index in [1.165, 1.54) is 0 Å². The van der Waals surface area contributed by atoms with E-state index in [0.717, 1.165) is 40.5 Å². The Balaban J connectivity index is 1.46. The van der Waals surface area contributed by atoms with Gasteiger partial charge in [0, 0.05) is 21.5 Å². The van der Waals surface area contributed by atoms with Crippen LogP contribution in [0.15, 0.2) is 16.9 Å². The fraction of sp³-hybridized carbons (Fsp3) is 0.448. The van der Waals surface area contributed by atoms with Crippen molar-refractivity contribution in [2.45, 2.75) is 76.9 Å². The van der Waals surface area contributed by atoms with Crippen LogP contribution in [0.5, 0.6) is 0 Å². The van der Waals surface area contributed by atoms with Crippen LogP contribution in [0.1, 0.15) is 72.0 Å². The van der Waals surface area contributed by atoms with Gasteiger partial charge in [-0.1, -0.05) is 18.5 Å². The maximum atomic E-state index is 13.7. The molecule has 3 N–H and O–H groups in total. The van der Waals surface area contributed by atoms with E-state index in [1.807, 2.05) is 13.0 Å². The number of halogens is 1. The molecular formula is C29H28ClN3O6. The van der Waals surface area contributed by atoms with Crippen molar-refractivity contribution < 1.29 is 24.5 Å². The standard InChI is InChI=1S/C29H28ClN3O6/c1-3-29(38)17-8-21-24-15(10-33(21)27(36)16(17)11-39-28(29)37)23-19(32-26(35)25(34)13-4-5-13)7-6-14-12(2)18(30)9-20(31-24)22(14)23/h8-9,13,19,25,34,38H,3-7,10-11H2,1-2H3,(H,32,35)/t19-,25-,29-/m0/s1. The zero-order valence-electron chi connectivity index (χ0n) is 21.6. The van der Waals surface area contributed by atoms with E-state index in [0.29, 0.717) is 34.8 Å². The highest BCUT2D eigenvalue weighted by Gasteiger charge is 2.46. The Hall–Kier alpha value is -3.27. The number of nitrogens with zero attached hydrogens (tertiary/aromatic N) is 2. The molecule has 2 aliphatic carbocycles. The number of pyridine rings is 2. The van der Waals surface area contributed by atoms with Gasteiger partial charge in [-0.15, -0.1) is 0 Å². The number of hydrogen-bond donors (Lipinski definition) is 3. The number of nitrogens with one attached hydrogen (secondary N) is 1. The van der Waals surface area contributed by atoms with Crippen LogP contribution in [0.2, 0.25) is 5.02 Å². The van der Waals surface area contributed by atoms with Crippen LogP contribution in [0.25, 0.3) is 22.3 Å². The molecule has 3 aromatic rings. The molecule has 0 radical (unpaired) electrons. The van der Waals surface area contributed by atoms with Crippen LogP contribution in [0.3, 0.4) is 0 Å². The molecule has 0 spiro atoms. The first-order chi connectivity index (χ1) is 18.6. The van der Waals surface area contributed by atoms with E-state index in [1.54, 1.807) is 17.6 Å². The molecule has 7 rings (SSSR count). The Kier molecular flexibility index (Phi) is 5.31. The lowest BCUT2D eigenvalue weighted by atomic mass is 9.81. The lowest BCUT2D eigenvalue weighted by molar-refractivity contribution is -0.172. The molecule has 10 heteroatoms. The molecule has 1 amide bonds. The normalized spacial score (nSPS) is 23.6. The van der Waals surface area contributed by atoms with Gasteiger partial charge in [0.05, 0.1) is 35.1 Å². The Bertz CT molecular complexity index is 1690. The largest absolute Gasteiger partial charge is 0.458 e. The summed E-state index contributed by atoms with van der Waals surface area (Å²) in [6, 6.07) is 3.11. The first-order valence-electron chi connectivity index (χ1n) is 13.4. The summed E-state index contributed by atoms with van der Waals surface area (Å²) >= 11 is 6.61. The third-order valence-electron chi connectivity index (χ3n) is 9.03. The van der Waals surface area contributed by atoms with Crippen LogP contribution in [0.4, 0.5) is 0 Å². The minimum Gasteiger partial charge on any atom is -0.458 e. The van der Waals surface area contributed by atoms with E-state index in [-0.39, 0.29) is 54.1 Å². The molecule has 2 aliphatic heterocycles. The topological polar surface area (TPSA) is 131 Å². The summed E-state index contributed by atoms with van der Waals surface area (Å²) in [5, 5.41) is 26.3. The summed E-state index contributed by atoms with van der Waals surface area (Å²) < 4.78 is 6.79. The number of ether oxygens (including phenoxy) is 1. The van der Waals surface area contributed by atoms with Gasteiger partial charge in [0.2, 0.25) is 5.91 Å². The highest BCUT2D eigenvalue weighted by Crippen LogP contribution is 2.46. The zero-order valence-corrected chi connectivity index (χ0v) is 22.4. The Morgan fingerprint density at radius 3 is 2.74 bits per heavy atom. The number of carbonyl (C=O) groups excluding carboxylic acids is 2. The van der Waals surface area contributed by atoms with Crippen LogP contribution < -0.4 is 10.9 Å². The van der Waals surface area contributed by atoms with Crippen molar-refractivity contribution in [3.05, 3.63) is 60.9 Å². The Labute approximate surface area is 228 Å². The summed E-state index contributed by atoms with van der Waals surface area (Å²) in [6.45, 7) is 3.66. The number of hydrogen-bond acceptors (Lipinski definition) is 7. The first kappa shape index (κ1) is 24.7. The lowest BCUT2D eigenvalue weighted by Gasteiger charge is -2.31. The van der Waals surface area contributed by atoms with Gasteiger partial charge in [-0.3, -0.25) is 9.59 Å². The number of cyclic esters (lactones) is 1. The minimum absolute atomic E-state index is 0.00139. The predicted molar refractivity (Wildman–Crippen MR) is 142 cm³/mol. The highest BCUT2D eigenvalue weighted by atomic mass is 35.5. The van der Waals surface area contributed by atoms with E-state index >= 15 is 0 Å². The van der Waals surface area contributed by atoms with Crippen LogP contribution in [-0.4, -0.2) is 37.7 Å². The average molecular weight is 550 g/mol. The van der Waals surface area contributed by atoms with Gasteiger partial charge in [-0.2, -0.15) is 0 Å². The molecule has 4 aliphatic rings. The predicted octanol–water partition coefficient (Wildman–Crippen LogP) is 2.92. The number of esters is 1. The third kappa shape index (κ3) is 3.39. The summed E-state index contributed by atoms with van der Waals surface area (Å²) in [7, 11) is 0. The molecule has 202 valence electrons. The van der Waals surface area contributed by atoms with Crippen LogP contribution in [0, 0.1) is 12.8 Å². The van der Waals surface area contributed by atoms with Crippen molar-refractivity contribution >= 4 is 34.4 Å². The van der Waals surface area contributed by atoms with Crippen molar-refractivity contribution in [2.24, 2.45) is 5.92 Å². The van der Waals surface area contributed by atoms with E-state index < -0.39 is 17.7 Å². The fourth-order valence-corrected chi connectivity index (χ4v) is 6.80. The van der Waals surface area contributed by atoms with Crippen LogP contribution in [-0.2, 0) is 39.5 Å². The van der Waals surface area contributed by atoms with Gasteiger partial charge in [-0.25, -0.2) is 9.78 Å². The maximum absolute atomic E-state index is 13.7. The van der Waals surface area contributed by atoms with Gasteiger partial charge in [0.25, 0.3) is 5.56 Å². The number of rotatable bonds is 4. The van der Waals surface area contributed by atoms with Gasteiger partial charge >= 0.3 is 5.97 Å². The van der Waals surface area contributed by atoms with Crippen molar-refractivity contribution in [1.82, 2.24) is 14.9 Å². The van der Waals surface area contributed by atoms with Crippen molar-refractivity contribution in [1.29, 1.82) is 0 Å². The number of fused-ring (bicyclic) bond motifs is 5. The number of benzene rings is 1. The lowest BCUT2D eigenvalue weighted by Crippen LogP contribution is -2.44. The fourth-order valence-electron chi connectivity index (χ4n) is 6.58. The number of amides is 1. The van der Waals surface area contributed by atoms with E-state index in [2.05, 4.69) is 5.32 Å². The summed E-state index contributed by atoms with van der Waals surface area (Å²) in [5.74, 6) is -1.16. The molecule has 9 nitrogen and oxygen atoms in total. The molecule has 0 bridgehead atoms. The monoisotopic (exact) mass is 549 g/mol. The molecule has 2 aromatic heterocycles. The summed E-state index contributed by atoms with van der Waals surface area (Å²) in [6.07, 6.45) is 2.00. The number of carbonyl (C=O) groups is 2. The molecule has 1 fully saturated rings. The SMILES string of the molecule is CC[C@@]1(O)C(=O)OCc2c1cc1n(c2=O)Cc2c-1nc1cc(Cl)c(C)c3c1c2[C@@H](NC(=O)[C@@H](O)C1CC1)CC3. The Morgan fingerprint density at radius 1 is 1.26 bits per heavy atom. The molecule has 0 saturated heterocycles. The van der Waals surface area contributed by atoms with Crippen molar-refractivity contribution in [3.63, 3.8) is 0 Å². The van der Waals surface area contributed by atoms with E-state index in [9.17, 15) is 24.6 Å². The number of aliphatic hydroxyl groups excluding tert-OH is 1. The second-order valence-electron chi connectivity index (χ2n) is 11.2. The minimum atomic E-state index is -1.92. The maximum Gasteiger partial charge on any atom is 0.343 e. The zero-order chi connectivity index (χ0) is 27.4. The molecule has 1 saturated carbocycles. The smallest absolute Gasteiger partial charge is 0.343 e. The molecule has 3 atom stereocenters. The molecule has 1 aromatic carbocycles. The summed E-state index contributed by atoms with van der Waals surface area (Å²) in [5.41, 5.74) is 3.68. The van der Waals surface area contributed by atoms with Crippen LogP contribution >= 0.6 is 11.6 Å². The number of aromatic nitrogens is 2. The van der Waals surface area contributed by atoms with Crippen molar-refractivity contribution in [3.8, 4) is 11.4 Å². The summed E-state index contributed by atoms with van der Waals surface area (Å²) in [4.78, 5) is 44.2. The van der Waals surface area contributed by atoms with Gasteiger partial charge in [-0.05, 0) is 73.8 Å². The van der Waals surface area contributed by atoms with Gasteiger partial charge in [0.1, 0.15) is 12.7 Å². The van der Waals surface area contributed by atoms with Gasteiger partial charge < -0.3 is 24.8 Å². The third-order valence-corrected chi connectivity index (χ3v) is 9.42. The molecule has 4 heterocycles. The van der Waals surface area contributed by atoms with Gasteiger partial charge in [0.15, 0.2) is 5.60 Å². The number of aryl methyl sites for hydroxylation is 1. The highest BCUT2D eigenvalue weighted by molar-refractivity contribution is 6.32.